The minimum atomic E-state index is -1.13. The van der Waals surface area contributed by atoms with E-state index in [-0.39, 0.29) is 33.2 Å². The summed E-state index contributed by atoms with van der Waals surface area (Å²) in [4.78, 5) is 10.4. The molecular formula is C50H52N2O4. The Morgan fingerprint density at radius 1 is 0.518 bits per heavy atom. The molecule has 4 bridgehead atoms. The van der Waals surface area contributed by atoms with Gasteiger partial charge in [0.25, 0.3) is 0 Å². The average molecular weight is 745 g/mol. The van der Waals surface area contributed by atoms with Crippen molar-refractivity contribution in [1.82, 2.24) is 9.97 Å². The minimum absolute atomic E-state index is 0.00373. The summed E-state index contributed by atoms with van der Waals surface area (Å²) in [5, 5.41) is 53.9. The number of phenols is 2. The number of phenolic OH excluding ortho intramolecular Hbond substituents is 2. The Balaban J connectivity index is 1.18. The fraction of sp³-hybridized carbons (Fsp3) is 0.400. The van der Waals surface area contributed by atoms with Crippen LogP contribution in [0.4, 0.5) is 0 Å². The van der Waals surface area contributed by atoms with Gasteiger partial charge in [-0.15, -0.1) is 0 Å². The third kappa shape index (κ3) is 4.30. The molecule has 6 nitrogen and oxygen atoms in total. The number of benzene rings is 4. The van der Waals surface area contributed by atoms with Crippen molar-refractivity contribution in [1.29, 1.82) is 0 Å². The molecule has 0 spiro atoms. The van der Waals surface area contributed by atoms with Crippen molar-refractivity contribution in [3.8, 4) is 45.1 Å². The van der Waals surface area contributed by atoms with E-state index in [1.165, 1.54) is 0 Å². The van der Waals surface area contributed by atoms with E-state index in [0.717, 1.165) is 60.1 Å². The molecule has 4 N–H and O–H groups in total. The Labute approximate surface area is 329 Å². The smallest absolute Gasteiger partial charge is 0.133 e. The number of rotatable bonds is 5. The van der Waals surface area contributed by atoms with Crippen LogP contribution in [-0.4, -0.2) is 30.4 Å². The van der Waals surface area contributed by atoms with E-state index >= 15 is 0 Å². The summed E-state index contributed by atoms with van der Waals surface area (Å²) >= 11 is 0. The maximum atomic E-state index is 12.7. The zero-order valence-corrected chi connectivity index (χ0v) is 33.3. The van der Waals surface area contributed by atoms with Gasteiger partial charge in [-0.2, -0.15) is 0 Å². The first kappa shape index (κ1) is 35.6. The van der Waals surface area contributed by atoms with Gasteiger partial charge in [0.15, 0.2) is 0 Å². The zero-order valence-electron chi connectivity index (χ0n) is 33.3. The number of aliphatic hydroxyl groups is 2. The highest BCUT2D eigenvalue weighted by Gasteiger charge is 2.71. The second-order valence-electron chi connectivity index (χ2n) is 19.4. The lowest BCUT2D eigenvalue weighted by molar-refractivity contribution is -0.153. The molecule has 0 amide bonds. The van der Waals surface area contributed by atoms with E-state index in [0.29, 0.717) is 56.9 Å². The minimum Gasteiger partial charge on any atom is -0.507 e. The predicted octanol–water partition coefficient (Wildman–Crippen LogP) is 11.3. The summed E-state index contributed by atoms with van der Waals surface area (Å²) < 4.78 is 0. The number of fused-ring (bicyclic) bond motifs is 6. The van der Waals surface area contributed by atoms with Crippen molar-refractivity contribution >= 4 is 21.5 Å². The summed E-state index contributed by atoms with van der Waals surface area (Å²) in [5.41, 5.74) is 0.886. The summed E-state index contributed by atoms with van der Waals surface area (Å²) in [6, 6.07) is 31.3. The molecule has 2 aromatic heterocycles. The second kappa shape index (κ2) is 11.4. The highest BCUT2D eigenvalue weighted by atomic mass is 16.3. The molecule has 2 heterocycles. The van der Waals surface area contributed by atoms with Gasteiger partial charge >= 0.3 is 0 Å². The first-order valence-electron chi connectivity index (χ1n) is 20.5. The molecular weight excluding hydrogens is 693 g/mol. The fourth-order valence-electron chi connectivity index (χ4n) is 12.9. The van der Waals surface area contributed by atoms with E-state index in [2.05, 4.69) is 41.5 Å². The molecule has 4 fully saturated rings. The number of nitrogens with zero attached hydrogens (tertiary/aromatic N) is 2. The van der Waals surface area contributed by atoms with E-state index in [9.17, 15) is 20.4 Å². The predicted molar refractivity (Wildman–Crippen MR) is 223 cm³/mol. The summed E-state index contributed by atoms with van der Waals surface area (Å²) in [5.74, 6) is 0.828. The topological polar surface area (TPSA) is 107 Å². The molecule has 0 radical (unpaired) electrons. The van der Waals surface area contributed by atoms with Crippen LogP contribution in [0.5, 0.6) is 11.5 Å². The van der Waals surface area contributed by atoms with Crippen molar-refractivity contribution in [3.63, 3.8) is 0 Å². The van der Waals surface area contributed by atoms with Crippen molar-refractivity contribution in [2.45, 2.75) is 91.3 Å². The van der Waals surface area contributed by atoms with Crippen LogP contribution in [0.2, 0.25) is 0 Å². The molecule has 10 rings (SSSR count). The summed E-state index contributed by atoms with van der Waals surface area (Å²) in [6.07, 6.45) is 6.04. The number of pyridine rings is 2. The molecule has 0 unspecified atom stereocenters. The maximum Gasteiger partial charge on any atom is 0.133 e. The van der Waals surface area contributed by atoms with Gasteiger partial charge < -0.3 is 20.4 Å². The van der Waals surface area contributed by atoms with Gasteiger partial charge in [0.1, 0.15) is 22.7 Å². The maximum absolute atomic E-state index is 12.7. The van der Waals surface area contributed by atoms with Gasteiger partial charge in [0.05, 0.1) is 22.8 Å². The Bertz CT molecular complexity index is 2440. The quantitative estimate of drug-likeness (QED) is 0.140. The molecule has 4 saturated carbocycles. The lowest BCUT2D eigenvalue weighted by Crippen LogP contribution is -2.51. The van der Waals surface area contributed by atoms with Crippen molar-refractivity contribution in [2.24, 2.45) is 33.5 Å². The van der Waals surface area contributed by atoms with Crippen LogP contribution in [0, 0.1) is 33.5 Å². The van der Waals surface area contributed by atoms with Crippen LogP contribution in [-0.2, 0) is 11.2 Å². The van der Waals surface area contributed by atoms with E-state index in [1.807, 2.05) is 97.1 Å². The third-order valence-corrected chi connectivity index (χ3v) is 16.2. The van der Waals surface area contributed by atoms with E-state index in [4.69, 9.17) is 9.97 Å². The monoisotopic (exact) mass is 744 g/mol. The molecule has 6 aromatic rings. The standard InChI is InChI=1S/C50H52N2O4/c1-45(2)31-21-23-47(5,27-31)49(45,55)39-19-11-17-37(51-39)35-25-29-13-7-9-15-33(29)41(43(35)53)42-34-16-10-8-14-30(34)26-36(44(42)54)38-18-12-20-40(52-38)50(56)46(3,4)32-22-24-48(50,6)28-32/h7-20,25-26,31-32,53-56H,21-24,27-28H2,1-6H3/t31-,32-,47+,48+,49-,50-/m0/s1. The molecule has 56 heavy (non-hydrogen) atoms. The molecule has 4 aromatic carbocycles. The number of hydrogen-bond acceptors (Lipinski definition) is 6. The molecule has 0 saturated heterocycles. The van der Waals surface area contributed by atoms with Crippen molar-refractivity contribution in [2.75, 3.05) is 0 Å². The van der Waals surface area contributed by atoms with Gasteiger partial charge in [0.2, 0.25) is 0 Å². The van der Waals surface area contributed by atoms with Crippen LogP contribution >= 0.6 is 0 Å². The molecule has 286 valence electrons. The number of hydrogen-bond donors (Lipinski definition) is 4. The van der Waals surface area contributed by atoms with E-state index < -0.39 is 11.2 Å². The third-order valence-electron chi connectivity index (χ3n) is 16.2. The molecule has 6 heteroatoms. The number of aromatic hydroxyl groups is 2. The largest absolute Gasteiger partial charge is 0.507 e. The molecule has 4 aliphatic carbocycles. The number of aromatic nitrogens is 2. The molecule has 0 aliphatic heterocycles. The first-order valence-corrected chi connectivity index (χ1v) is 20.5. The zero-order chi connectivity index (χ0) is 39.2. The van der Waals surface area contributed by atoms with Gasteiger partial charge in [0, 0.05) is 43.9 Å². The Kier molecular flexibility index (Phi) is 7.26. The fourth-order valence-corrected chi connectivity index (χ4v) is 12.9. The van der Waals surface area contributed by atoms with E-state index in [1.54, 1.807) is 0 Å². The van der Waals surface area contributed by atoms with Crippen LogP contribution in [0.1, 0.15) is 91.5 Å². The van der Waals surface area contributed by atoms with Crippen LogP contribution in [0.25, 0.3) is 55.2 Å². The van der Waals surface area contributed by atoms with Gasteiger partial charge in [-0.25, -0.2) is 9.97 Å². The first-order chi connectivity index (χ1) is 26.6. The van der Waals surface area contributed by atoms with Crippen LogP contribution in [0.15, 0.2) is 97.1 Å². The SMILES string of the molecule is CC1(C)[C@H]2CC[C@](C)(C2)[C@]1(O)c1cccc(-c2cc3ccccc3c(-c3c(O)c(-c4cccc([C@]5(O)C(C)(C)[C@H]6CC[C@]5(C)C6)n4)cc4ccccc34)c2O)n1. The Hall–Kier alpha value is -4.78. The van der Waals surface area contributed by atoms with Gasteiger partial charge in [-0.05, 0) is 108 Å². The highest BCUT2D eigenvalue weighted by Crippen LogP contribution is 2.73. The van der Waals surface area contributed by atoms with Gasteiger partial charge in [-0.3, -0.25) is 0 Å². The lowest BCUT2D eigenvalue weighted by atomic mass is 9.59. The highest BCUT2D eigenvalue weighted by molar-refractivity contribution is 6.13. The average Bonchev–Trinajstić information content (AvgIpc) is 3.88. The molecule has 6 atom stereocenters. The normalized spacial score (nSPS) is 31.1. The van der Waals surface area contributed by atoms with Crippen LogP contribution in [0.3, 0.4) is 0 Å². The Morgan fingerprint density at radius 3 is 1.29 bits per heavy atom. The lowest BCUT2D eigenvalue weighted by Gasteiger charge is -2.50. The van der Waals surface area contributed by atoms with Crippen molar-refractivity contribution in [3.05, 3.63) is 108 Å². The summed E-state index contributed by atoms with van der Waals surface area (Å²) in [7, 11) is 0. The Morgan fingerprint density at radius 2 is 0.911 bits per heavy atom. The van der Waals surface area contributed by atoms with Crippen molar-refractivity contribution < 1.29 is 20.4 Å². The second-order valence-corrected chi connectivity index (χ2v) is 19.4. The van der Waals surface area contributed by atoms with Crippen LogP contribution < -0.4 is 0 Å². The van der Waals surface area contributed by atoms with Gasteiger partial charge in [-0.1, -0.05) is 102 Å². The molecule has 4 aliphatic rings. The summed E-state index contributed by atoms with van der Waals surface area (Å²) in [6.45, 7) is 13.1.